The van der Waals surface area contributed by atoms with E-state index >= 15 is 0 Å². The number of hydrogen-bond donors (Lipinski definition) is 1. The molecule has 0 saturated heterocycles. The zero-order valence-corrected chi connectivity index (χ0v) is 29.2. The number of rotatable bonds is 34. The van der Waals surface area contributed by atoms with Gasteiger partial charge in [0, 0.05) is 12.8 Å². The van der Waals surface area contributed by atoms with Crippen molar-refractivity contribution in [2.75, 3.05) is 13.2 Å². The molecule has 0 saturated carbocycles. The highest BCUT2D eigenvalue weighted by molar-refractivity contribution is 5.70. The fraction of sp³-hybridized carbons (Fsp3) is 0.846. The minimum Gasteiger partial charge on any atom is -0.462 e. The fourth-order valence-electron chi connectivity index (χ4n) is 5.29. The summed E-state index contributed by atoms with van der Waals surface area (Å²) >= 11 is 0. The van der Waals surface area contributed by atoms with Crippen LogP contribution in [0.15, 0.2) is 24.3 Å². The molecule has 0 unspecified atom stereocenters. The van der Waals surface area contributed by atoms with Crippen molar-refractivity contribution < 1.29 is 24.2 Å². The van der Waals surface area contributed by atoms with Gasteiger partial charge in [0.15, 0.2) is 6.10 Å². The first-order valence-electron chi connectivity index (χ1n) is 18.9. The molecule has 0 aliphatic carbocycles. The molecule has 1 atom stereocenters. The summed E-state index contributed by atoms with van der Waals surface area (Å²) in [5.41, 5.74) is 0. The van der Waals surface area contributed by atoms with Crippen LogP contribution in [0.2, 0.25) is 0 Å². The highest BCUT2D eigenvalue weighted by Crippen LogP contribution is 2.13. The smallest absolute Gasteiger partial charge is 0.306 e. The largest absolute Gasteiger partial charge is 0.462 e. The number of unbranched alkanes of at least 4 members (excludes halogenated alkanes) is 22. The molecule has 0 aromatic carbocycles. The predicted octanol–water partition coefficient (Wildman–Crippen LogP) is 11.5. The highest BCUT2D eigenvalue weighted by atomic mass is 16.6. The van der Waals surface area contributed by atoms with Crippen LogP contribution in [0.3, 0.4) is 0 Å². The Labute approximate surface area is 273 Å². The van der Waals surface area contributed by atoms with Crippen LogP contribution in [0.5, 0.6) is 0 Å². The second-order valence-electron chi connectivity index (χ2n) is 12.6. The second-order valence-corrected chi connectivity index (χ2v) is 12.6. The minimum absolute atomic E-state index is 0.0677. The molecule has 44 heavy (non-hydrogen) atoms. The third-order valence-corrected chi connectivity index (χ3v) is 8.22. The molecule has 0 aromatic rings. The SMILES string of the molecule is CCCC/C=C/CCCCCCCC(=O)O[C@@H](CO)COC(=O)CCCCCCCCCCC/C=C/CCCCCCCC. The Bertz CT molecular complexity index is 671. The molecule has 0 spiro atoms. The number of ether oxygens (including phenoxy) is 2. The summed E-state index contributed by atoms with van der Waals surface area (Å²) in [6.07, 6.45) is 40.9. The van der Waals surface area contributed by atoms with Crippen LogP contribution in [0.4, 0.5) is 0 Å². The van der Waals surface area contributed by atoms with Crippen LogP contribution in [-0.4, -0.2) is 36.4 Å². The molecule has 0 fully saturated rings. The van der Waals surface area contributed by atoms with Crippen LogP contribution < -0.4 is 0 Å². The Morgan fingerprint density at radius 2 is 0.864 bits per heavy atom. The van der Waals surface area contributed by atoms with E-state index < -0.39 is 6.10 Å². The molecular weight excluding hydrogens is 548 g/mol. The normalized spacial score (nSPS) is 12.3. The Morgan fingerprint density at radius 3 is 1.30 bits per heavy atom. The zero-order valence-electron chi connectivity index (χ0n) is 29.2. The van der Waals surface area contributed by atoms with Gasteiger partial charge in [0.05, 0.1) is 6.61 Å². The average Bonchev–Trinajstić information content (AvgIpc) is 3.02. The molecule has 0 heterocycles. The molecule has 0 radical (unpaired) electrons. The first kappa shape index (κ1) is 42.4. The van der Waals surface area contributed by atoms with Gasteiger partial charge in [0.1, 0.15) is 6.61 Å². The van der Waals surface area contributed by atoms with Crippen LogP contribution in [0, 0.1) is 0 Å². The maximum Gasteiger partial charge on any atom is 0.306 e. The van der Waals surface area contributed by atoms with Gasteiger partial charge in [-0.3, -0.25) is 9.59 Å². The summed E-state index contributed by atoms with van der Waals surface area (Å²) in [7, 11) is 0. The van der Waals surface area contributed by atoms with Crippen molar-refractivity contribution in [1.29, 1.82) is 0 Å². The van der Waals surface area contributed by atoms with Crippen molar-refractivity contribution in [1.82, 2.24) is 0 Å². The molecule has 0 bridgehead atoms. The lowest BCUT2D eigenvalue weighted by Crippen LogP contribution is -2.28. The van der Waals surface area contributed by atoms with Crippen molar-refractivity contribution in [2.24, 2.45) is 0 Å². The number of carbonyl (C=O) groups is 2. The van der Waals surface area contributed by atoms with Crippen molar-refractivity contribution in [2.45, 2.75) is 200 Å². The van der Waals surface area contributed by atoms with Gasteiger partial charge in [0.25, 0.3) is 0 Å². The maximum atomic E-state index is 12.1. The van der Waals surface area contributed by atoms with E-state index in [0.717, 1.165) is 44.9 Å². The van der Waals surface area contributed by atoms with Gasteiger partial charge in [-0.25, -0.2) is 0 Å². The van der Waals surface area contributed by atoms with Gasteiger partial charge in [-0.1, -0.05) is 147 Å². The Balaban J connectivity index is 3.53. The van der Waals surface area contributed by atoms with Gasteiger partial charge < -0.3 is 14.6 Å². The molecule has 0 amide bonds. The quantitative estimate of drug-likeness (QED) is 0.0440. The van der Waals surface area contributed by atoms with Crippen LogP contribution >= 0.6 is 0 Å². The van der Waals surface area contributed by atoms with Crippen molar-refractivity contribution in [3.63, 3.8) is 0 Å². The van der Waals surface area contributed by atoms with Crippen molar-refractivity contribution in [3.05, 3.63) is 24.3 Å². The fourth-order valence-corrected chi connectivity index (χ4v) is 5.29. The van der Waals surface area contributed by atoms with Gasteiger partial charge in [-0.2, -0.15) is 0 Å². The molecule has 1 N–H and O–H groups in total. The molecule has 0 aliphatic rings. The summed E-state index contributed by atoms with van der Waals surface area (Å²) in [5.74, 6) is -0.602. The van der Waals surface area contributed by atoms with Crippen LogP contribution in [0.25, 0.3) is 0 Å². The van der Waals surface area contributed by atoms with Gasteiger partial charge in [-0.15, -0.1) is 0 Å². The van der Waals surface area contributed by atoms with Crippen LogP contribution in [0.1, 0.15) is 194 Å². The van der Waals surface area contributed by atoms with E-state index in [2.05, 4.69) is 38.2 Å². The second kappa shape index (κ2) is 35.9. The van der Waals surface area contributed by atoms with Gasteiger partial charge in [-0.05, 0) is 57.8 Å². The van der Waals surface area contributed by atoms with Gasteiger partial charge in [0.2, 0.25) is 0 Å². The van der Waals surface area contributed by atoms with Crippen LogP contribution in [-0.2, 0) is 19.1 Å². The van der Waals surface area contributed by atoms with E-state index in [9.17, 15) is 14.7 Å². The number of allylic oxidation sites excluding steroid dienone is 4. The van der Waals surface area contributed by atoms with Crippen molar-refractivity contribution in [3.8, 4) is 0 Å². The van der Waals surface area contributed by atoms with Crippen molar-refractivity contribution >= 4 is 11.9 Å². The molecule has 0 aromatic heterocycles. The number of carbonyl (C=O) groups excluding carboxylic acids is 2. The predicted molar refractivity (Wildman–Crippen MR) is 187 cm³/mol. The van der Waals surface area contributed by atoms with E-state index in [-0.39, 0.29) is 25.2 Å². The van der Waals surface area contributed by atoms with E-state index in [1.807, 2.05) is 0 Å². The van der Waals surface area contributed by atoms with E-state index in [1.165, 1.54) is 122 Å². The number of esters is 2. The van der Waals surface area contributed by atoms with Gasteiger partial charge >= 0.3 is 11.9 Å². The Hall–Kier alpha value is -1.62. The zero-order chi connectivity index (χ0) is 32.2. The maximum absolute atomic E-state index is 12.1. The summed E-state index contributed by atoms with van der Waals surface area (Å²) in [4.78, 5) is 24.2. The molecule has 0 rings (SSSR count). The molecular formula is C39H72O5. The highest BCUT2D eigenvalue weighted by Gasteiger charge is 2.16. The average molecular weight is 621 g/mol. The standard InChI is InChI=1S/C39H72O5/c1-3-5-7-9-11-13-15-16-17-18-19-20-21-22-24-25-27-29-31-33-38(41)43-36-37(35-40)44-39(42)34-32-30-28-26-23-14-12-10-8-6-4-2/h10,12,16-17,37,40H,3-9,11,13-15,18-36H2,1-2H3/b12-10+,17-16+/t37-/m0/s1. The monoisotopic (exact) mass is 621 g/mol. The third kappa shape index (κ3) is 33.3. The first-order valence-corrected chi connectivity index (χ1v) is 18.9. The molecule has 5 heteroatoms. The topological polar surface area (TPSA) is 72.8 Å². The number of aliphatic hydroxyl groups is 1. The lowest BCUT2D eigenvalue weighted by molar-refractivity contribution is -0.161. The summed E-state index contributed by atoms with van der Waals surface area (Å²) in [5, 5.41) is 9.52. The lowest BCUT2D eigenvalue weighted by atomic mass is 10.1. The minimum atomic E-state index is -0.771. The number of hydrogen-bond acceptors (Lipinski definition) is 5. The molecule has 5 nitrogen and oxygen atoms in total. The number of aliphatic hydroxyl groups excluding tert-OH is 1. The van der Waals surface area contributed by atoms with E-state index in [4.69, 9.17) is 9.47 Å². The summed E-state index contributed by atoms with van der Waals surface area (Å²) in [6, 6.07) is 0. The molecule has 0 aliphatic heterocycles. The van der Waals surface area contributed by atoms with E-state index in [1.54, 1.807) is 0 Å². The summed E-state index contributed by atoms with van der Waals surface area (Å²) < 4.78 is 10.6. The molecule has 258 valence electrons. The van der Waals surface area contributed by atoms with E-state index in [0.29, 0.717) is 12.8 Å². The Kier molecular flexibility index (Phi) is 34.5. The Morgan fingerprint density at radius 1 is 0.500 bits per heavy atom. The summed E-state index contributed by atoms with van der Waals surface area (Å²) in [6.45, 7) is 4.08. The first-order chi connectivity index (χ1) is 21.6. The lowest BCUT2D eigenvalue weighted by Gasteiger charge is -2.15. The third-order valence-electron chi connectivity index (χ3n) is 8.22.